The van der Waals surface area contributed by atoms with Crippen molar-refractivity contribution in [1.29, 1.82) is 0 Å². The molecule has 4 heteroatoms. The Morgan fingerprint density at radius 2 is 1.93 bits per heavy atom. The highest BCUT2D eigenvalue weighted by Gasteiger charge is 2.13. The van der Waals surface area contributed by atoms with Crippen LogP contribution in [0.5, 0.6) is 5.75 Å². The maximum absolute atomic E-state index is 5.12. The normalized spacial score (nSPS) is 16.9. The average Bonchev–Trinajstić information content (AvgIpc) is 2.80. The Labute approximate surface area is 94.6 Å². The standard InChI is InChI=1S/C11H16N2OS/c1-14-10-4-2-9(3-5-10)8-15-11-6-12-13-7-11/h2-5,11-13H,6-8H2,1H3. The lowest BCUT2D eigenvalue weighted by Gasteiger charge is -2.07. The van der Waals surface area contributed by atoms with Crippen molar-refractivity contribution in [3.63, 3.8) is 0 Å². The zero-order valence-corrected chi connectivity index (χ0v) is 9.64. The van der Waals surface area contributed by atoms with Gasteiger partial charge in [-0.2, -0.15) is 11.8 Å². The summed E-state index contributed by atoms with van der Waals surface area (Å²) in [6, 6.07) is 8.28. The van der Waals surface area contributed by atoms with E-state index in [9.17, 15) is 0 Å². The maximum atomic E-state index is 5.12. The smallest absolute Gasteiger partial charge is 0.118 e. The van der Waals surface area contributed by atoms with Crippen molar-refractivity contribution < 1.29 is 4.74 Å². The largest absolute Gasteiger partial charge is 0.497 e. The molecule has 1 aliphatic rings. The van der Waals surface area contributed by atoms with Gasteiger partial charge in [0.1, 0.15) is 5.75 Å². The maximum Gasteiger partial charge on any atom is 0.118 e. The van der Waals surface area contributed by atoms with E-state index in [-0.39, 0.29) is 0 Å². The van der Waals surface area contributed by atoms with Crippen LogP contribution in [0.1, 0.15) is 5.56 Å². The number of nitrogens with one attached hydrogen (secondary N) is 2. The van der Waals surface area contributed by atoms with Gasteiger partial charge in [-0.1, -0.05) is 12.1 Å². The van der Waals surface area contributed by atoms with E-state index in [1.165, 1.54) is 5.56 Å². The molecule has 15 heavy (non-hydrogen) atoms. The summed E-state index contributed by atoms with van der Waals surface area (Å²) in [5, 5.41) is 0.687. The van der Waals surface area contributed by atoms with Gasteiger partial charge in [0, 0.05) is 24.1 Å². The van der Waals surface area contributed by atoms with Crippen molar-refractivity contribution in [2.75, 3.05) is 20.2 Å². The Bertz CT molecular complexity index is 296. The Morgan fingerprint density at radius 3 is 2.53 bits per heavy atom. The lowest BCUT2D eigenvalue weighted by molar-refractivity contribution is 0.414. The summed E-state index contributed by atoms with van der Waals surface area (Å²) < 4.78 is 5.12. The highest BCUT2D eigenvalue weighted by atomic mass is 32.2. The van der Waals surface area contributed by atoms with Gasteiger partial charge in [0.05, 0.1) is 7.11 Å². The third-order valence-electron chi connectivity index (χ3n) is 2.43. The van der Waals surface area contributed by atoms with E-state index in [0.29, 0.717) is 5.25 Å². The second-order valence-electron chi connectivity index (χ2n) is 3.54. The fraction of sp³-hybridized carbons (Fsp3) is 0.455. The molecule has 2 N–H and O–H groups in total. The Hall–Kier alpha value is -0.710. The molecule has 82 valence electrons. The van der Waals surface area contributed by atoms with Gasteiger partial charge < -0.3 is 4.74 Å². The summed E-state index contributed by atoms with van der Waals surface area (Å²) >= 11 is 1.98. The summed E-state index contributed by atoms with van der Waals surface area (Å²) in [5.41, 5.74) is 7.63. The zero-order valence-electron chi connectivity index (χ0n) is 8.82. The molecular formula is C11H16N2OS. The van der Waals surface area contributed by atoms with Gasteiger partial charge in [-0.15, -0.1) is 0 Å². The molecule has 0 bridgehead atoms. The first-order valence-corrected chi connectivity index (χ1v) is 6.13. The third-order valence-corrected chi connectivity index (χ3v) is 3.73. The lowest BCUT2D eigenvalue weighted by Crippen LogP contribution is -2.21. The van der Waals surface area contributed by atoms with Crippen LogP contribution in [0.25, 0.3) is 0 Å². The van der Waals surface area contributed by atoms with E-state index in [1.54, 1.807) is 7.11 Å². The molecule has 1 heterocycles. The quantitative estimate of drug-likeness (QED) is 0.810. The molecular weight excluding hydrogens is 208 g/mol. The number of hydrogen-bond acceptors (Lipinski definition) is 4. The van der Waals surface area contributed by atoms with Crippen LogP contribution in [0.3, 0.4) is 0 Å². The predicted molar refractivity (Wildman–Crippen MR) is 64.1 cm³/mol. The molecule has 2 rings (SSSR count). The summed E-state index contributed by atoms with van der Waals surface area (Å²) in [6.07, 6.45) is 0. The first-order valence-electron chi connectivity index (χ1n) is 5.09. The molecule has 0 aromatic heterocycles. The summed E-state index contributed by atoms with van der Waals surface area (Å²) in [5.74, 6) is 1.99. The minimum atomic E-state index is 0.687. The van der Waals surface area contributed by atoms with Crippen LogP contribution in [0.4, 0.5) is 0 Å². The van der Waals surface area contributed by atoms with Crippen LogP contribution in [0.2, 0.25) is 0 Å². The van der Waals surface area contributed by atoms with Gasteiger partial charge in [-0.25, -0.2) is 0 Å². The molecule has 0 amide bonds. The Balaban J connectivity index is 1.82. The number of hydrazine groups is 1. The molecule has 1 fully saturated rings. The number of methoxy groups -OCH3 is 1. The Kier molecular flexibility index (Phi) is 3.88. The van der Waals surface area contributed by atoms with Crippen LogP contribution in [-0.2, 0) is 5.75 Å². The van der Waals surface area contributed by atoms with Crippen LogP contribution >= 0.6 is 11.8 Å². The summed E-state index contributed by atoms with van der Waals surface area (Å²) in [6.45, 7) is 2.11. The van der Waals surface area contributed by atoms with E-state index in [2.05, 4.69) is 23.0 Å². The number of ether oxygens (including phenoxy) is 1. The first kappa shape index (κ1) is 10.8. The molecule has 1 aliphatic heterocycles. The monoisotopic (exact) mass is 224 g/mol. The van der Waals surface area contributed by atoms with E-state index < -0.39 is 0 Å². The van der Waals surface area contributed by atoms with Crippen LogP contribution in [0.15, 0.2) is 24.3 Å². The van der Waals surface area contributed by atoms with Crippen LogP contribution in [-0.4, -0.2) is 25.4 Å². The molecule has 0 radical (unpaired) electrons. The van der Waals surface area contributed by atoms with Gasteiger partial charge in [-0.05, 0) is 17.7 Å². The molecule has 1 saturated heterocycles. The number of thioether (sulfide) groups is 1. The van der Waals surface area contributed by atoms with Crippen molar-refractivity contribution in [2.45, 2.75) is 11.0 Å². The van der Waals surface area contributed by atoms with E-state index in [0.717, 1.165) is 24.6 Å². The first-order chi connectivity index (χ1) is 7.38. The molecule has 0 saturated carbocycles. The number of benzene rings is 1. The molecule has 0 atom stereocenters. The minimum Gasteiger partial charge on any atom is -0.497 e. The lowest BCUT2D eigenvalue weighted by atomic mass is 10.2. The van der Waals surface area contributed by atoms with Gasteiger partial charge in [0.15, 0.2) is 0 Å². The second-order valence-corrected chi connectivity index (χ2v) is 4.83. The fourth-order valence-electron chi connectivity index (χ4n) is 1.50. The zero-order chi connectivity index (χ0) is 10.5. The van der Waals surface area contributed by atoms with Crippen LogP contribution in [0, 0.1) is 0 Å². The van der Waals surface area contributed by atoms with Crippen LogP contribution < -0.4 is 15.6 Å². The van der Waals surface area contributed by atoms with Crippen molar-refractivity contribution in [2.24, 2.45) is 0 Å². The van der Waals surface area contributed by atoms with Crippen molar-refractivity contribution in [1.82, 2.24) is 10.9 Å². The molecule has 0 spiro atoms. The fourth-order valence-corrected chi connectivity index (χ4v) is 2.52. The molecule has 0 aliphatic carbocycles. The van der Waals surface area contributed by atoms with E-state index >= 15 is 0 Å². The Morgan fingerprint density at radius 1 is 1.27 bits per heavy atom. The van der Waals surface area contributed by atoms with Gasteiger partial charge >= 0.3 is 0 Å². The van der Waals surface area contributed by atoms with Crippen molar-refractivity contribution in [3.05, 3.63) is 29.8 Å². The predicted octanol–water partition coefficient (Wildman–Crippen LogP) is 1.40. The summed E-state index contributed by atoms with van der Waals surface area (Å²) in [4.78, 5) is 0. The molecule has 1 aromatic carbocycles. The van der Waals surface area contributed by atoms with E-state index in [1.807, 2.05) is 23.9 Å². The van der Waals surface area contributed by atoms with Crippen molar-refractivity contribution >= 4 is 11.8 Å². The average molecular weight is 224 g/mol. The summed E-state index contributed by atoms with van der Waals surface area (Å²) in [7, 11) is 1.69. The second kappa shape index (κ2) is 5.39. The molecule has 3 nitrogen and oxygen atoms in total. The SMILES string of the molecule is COc1ccc(CSC2CNNC2)cc1. The van der Waals surface area contributed by atoms with Gasteiger partial charge in [0.2, 0.25) is 0 Å². The molecule has 0 unspecified atom stereocenters. The highest BCUT2D eigenvalue weighted by molar-refractivity contribution is 7.99. The van der Waals surface area contributed by atoms with Crippen molar-refractivity contribution in [3.8, 4) is 5.75 Å². The van der Waals surface area contributed by atoms with Gasteiger partial charge in [0.25, 0.3) is 0 Å². The highest BCUT2D eigenvalue weighted by Crippen LogP contribution is 2.20. The number of hydrogen-bond donors (Lipinski definition) is 2. The van der Waals surface area contributed by atoms with Gasteiger partial charge in [-0.3, -0.25) is 10.9 Å². The van der Waals surface area contributed by atoms with E-state index in [4.69, 9.17) is 4.74 Å². The topological polar surface area (TPSA) is 33.3 Å². The third kappa shape index (κ3) is 3.12. The number of rotatable bonds is 4. The minimum absolute atomic E-state index is 0.687. The molecule has 1 aromatic rings.